The summed E-state index contributed by atoms with van der Waals surface area (Å²) in [6, 6.07) is 0. The van der Waals surface area contributed by atoms with Crippen molar-refractivity contribution in [2.45, 2.75) is 88.9 Å². The van der Waals surface area contributed by atoms with Crippen LogP contribution in [0.15, 0.2) is 0 Å². The Morgan fingerprint density at radius 3 is 1.68 bits per heavy atom. The lowest BCUT2D eigenvalue weighted by atomic mass is 10.1. The van der Waals surface area contributed by atoms with Crippen molar-refractivity contribution in [3.63, 3.8) is 0 Å². The maximum absolute atomic E-state index is 11.8. The van der Waals surface area contributed by atoms with Gasteiger partial charge in [0.1, 0.15) is 0 Å². The molecule has 2 unspecified atom stereocenters. The summed E-state index contributed by atoms with van der Waals surface area (Å²) in [6.07, 6.45) is 6.23. The molecule has 0 bridgehead atoms. The van der Waals surface area contributed by atoms with E-state index in [0.717, 1.165) is 19.3 Å². The van der Waals surface area contributed by atoms with Crippen molar-refractivity contribution in [1.29, 1.82) is 0 Å². The van der Waals surface area contributed by atoms with Gasteiger partial charge in [-0.3, -0.25) is 9.59 Å². The van der Waals surface area contributed by atoms with Gasteiger partial charge in [-0.2, -0.15) is 25.3 Å². The average Bonchev–Trinajstić information content (AvgIpc) is 2.52. The van der Waals surface area contributed by atoms with E-state index in [2.05, 4.69) is 32.2 Å². The van der Waals surface area contributed by atoms with Crippen LogP contribution in [0.3, 0.4) is 0 Å². The second-order valence-electron chi connectivity index (χ2n) is 5.35. The Balaban J connectivity index is 4.42. The van der Waals surface area contributed by atoms with Crippen molar-refractivity contribution in [2.24, 2.45) is 0 Å². The number of hydrogen-bond donors (Lipinski definition) is 2. The van der Waals surface area contributed by atoms with Gasteiger partial charge in [0.05, 0.1) is 10.5 Å². The van der Waals surface area contributed by atoms with E-state index in [1.807, 2.05) is 13.8 Å². The summed E-state index contributed by atoms with van der Waals surface area (Å²) in [7, 11) is 0. The van der Waals surface area contributed by atoms with Crippen molar-refractivity contribution in [1.82, 2.24) is 0 Å². The summed E-state index contributed by atoms with van der Waals surface area (Å²) < 4.78 is 10.6. The van der Waals surface area contributed by atoms with Crippen LogP contribution in [0, 0.1) is 0 Å². The Bertz CT molecular complexity index is 299. The van der Waals surface area contributed by atoms with E-state index >= 15 is 0 Å². The Hall–Kier alpha value is -0.360. The Labute approximate surface area is 145 Å². The molecule has 0 rings (SSSR count). The van der Waals surface area contributed by atoms with Crippen LogP contribution in [0.4, 0.5) is 0 Å². The van der Waals surface area contributed by atoms with Gasteiger partial charge in [0, 0.05) is 6.42 Å². The van der Waals surface area contributed by atoms with Gasteiger partial charge in [-0.05, 0) is 19.3 Å². The standard InChI is InChI=1S/C16H30O4S2/c1-4-7-8-9-10-11-14(19-15(17)12(21)5-2)20-16(18)13(22)6-3/h12-14,21-22H,4-11H2,1-3H3. The quantitative estimate of drug-likeness (QED) is 0.240. The average molecular weight is 351 g/mol. The molecule has 0 aromatic rings. The van der Waals surface area contributed by atoms with Gasteiger partial charge in [-0.1, -0.05) is 46.5 Å². The first-order chi connectivity index (χ1) is 10.5. The lowest BCUT2D eigenvalue weighted by molar-refractivity contribution is -0.188. The summed E-state index contributed by atoms with van der Waals surface area (Å²) in [5.41, 5.74) is 0. The predicted octanol–water partition coefficient (Wildman–Crippen LogP) is 4.18. The number of carbonyl (C=O) groups is 2. The van der Waals surface area contributed by atoms with E-state index < -0.39 is 28.7 Å². The summed E-state index contributed by atoms with van der Waals surface area (Å²) in [6.45, 7) is 5.86. The van der Waals surface area contributed by atoms with Crippen molar-refractivity contribution in [2.75, 3.05) is 0 Å². The Morgan fingerprint density at radius 1 is 0.818 bits per heavy atom. The molecule has 0 fully saturated rings. The van der Waals surface area contributed by atoms with Crippen molar-refractivity contribution < 1.29 is 19.1 Å². The molecule has 22 heavy (non-hydrogen) atoms. The number of hydrogen-bond acceptors (Lipinski definition) is 6. The van der Waals surface area contributed by atoms with E-state index in [-0.39, 0.29) is 0 Å². The van der Waals surface area contributed by atoms with Crippen LogP contribution in [0.2, 0.25) is 0 Å². The van der Waals surface area contributed by atoms with Crippen LogP contribution in [0.25, 0.3) is 0 Å². The fourth-order valence-electron chi connectivity index (χ4n) is 1.81. The van der Waals surface area contributed by atoms with Crippen LogP contribution in [-0.4, -0.2) is 28.7 Å². The summed E-state index contributed by atoms with van der Waals surface area (Å²) in [5.74, 6) is -0.881. The molecule has 0 aliphatic heterocycles. The maximum atomic E-state index is 11.8. The molecule has 0 amide bonds. The van der Waals surface area contributed by atoms with Gasteiger partial charge in [0.15, 0.2) is 0 Å². The molecule has 2 atom stereocenters. The van der Waals surface area contributed by atoms with Crippen LogP contribution in [-0.2, 0) is 19.1 Å². The van der Waals surface area contributed by atoms with Gasteiger partial charge < -0.3 is 9.47 Å². The maximum Gasteiger partial charge on any atom is 0.321 e. The van der Waals surface area contributed by atoms with Gasteiger partial charge in [0.25, 0.3) is 0 Å². The first-order valence-corrected chi connectivity index (χ1v) is 9.26. The molecule has 0 N–H and O–H groups in total. The number of carbonyl (C=O) groups excluding carboxylic acids is 2. The van der Waals surface area contributed by atoms with E-state index in [9.17, 15) is 9.59 Å². The SMILES string of the molecule is CCCCCCCC(OC(=O)C(S)CC)OC(=O)C(S)CC. The lowest BCUT2D eigenvalue weighted by Gasteiger charge is -2.21. The highest BCUT2D eigenvalue weighted by Gasteiger charge is 2.24. The van der Waals surface area contributed by atoms with E-state index in [1.54, 1.807) is 0 Å². The number of ether oxygens (including phenoxy) is 2. The molecule has 6 heteroatoms. The zero-order valence-corrected chi connectivity index (χ0v) is 15.7. The smallest absolute Gasteiger partial charge is 0.321 e. The van der Waals surface area contributed by atoms with Crippen molar-refractivity contribution in [3.05, 3.63) is 0 Å². The first kappa shape index (κ1) is 21.6. The second-order valence-corrected chi connectivity index (χ2v) is 6.60. The van der Waals surface area contributed by atoms with Gasteiger partial charge in [0.2, 0.25) is 6.29 Å². The van der Waals surface area contributed by atoms with Gasteiger partial charge >= 0.3 is 11.9 Å². The normalized spacial score (nSPS) is 15.0. The lowest BCUT2D eigenvalue weighted by Crippen LogP contribution is -2.31. The highest BCUT2D eigenvalue weighted by Crippen LogP contribution is 2.15. The zero-order valence-electron chi connectivity index (χ0n) is 13.9. The number of unbranched alkanes of at least 4 members (excludes halogenated alkanes) is 4. The molecule has 4 nitrogen and oxygen atoms in total. The minimum absolute atomic E-state index is 0.440. The van der Waals surface area contributed by atoms with E-state index in [1.165, 1.54) is 12.8 Å². The third-order valence-corrected chi connectivity index (χ3v) is 4.51. The molecule has 0 aromatic heterocycles. The number of thiol groups is 2. The Morgan fingerprint density at radius 2 is 1.27 bits per heavy atom. The monoisotopic (exact) mass is 350 g/mol. The highest BCUT2D eigenvalue weighted by atomic mass is 32.1. The topological polar surface area (TPSA) is 52.6 Å². The molecular weight excluding hydrogens is 320 g/mol. The molecule has 0 aromatic carbocycles. The van der Waals surface area contributed by atoms with Crippen molar-refractivity contribution >= 4 is 37.2 Å². The first-order valence-electron chi connectivity index (χ1n) is 8.23. The zero-order chi connectivity index (χ0) is 17.0. The van der Waals surface area contributed by atoms with Crippen LogP contribution < -0.4 is 0 Å². The summed E-state index contributed by atoms with van der Waals surface area (Å²) in [4.78, 5) is 23.7. The molecular formula is C16H30O4S2. The minimum Gasteiger partial charge on any atom is -0.424 e. The second kappa shape index (κ2) is 13.1. The molecule has 0 saturated heterocycles. The predicted molar refractivity (Wildman–Crippen MR) is 95.5 cm³/mol. The fourth-order valence-corrected chi connectivity index (χ4v) is 1.93. The van der Waals surface area contributed by atoms with Crippen LogP contribution in [0.5, 0.6) is 0 Å². The fraction of sp³-hybridized carbons (Fsp3) is 0.875. The summed E-state index contributed by atoms with van der Waals surface area (Å²) >= 11 is 8.31. The molecule has 0 heterocycles. The summed E-state index contributed by atoms with van der Waals surface area (Å²) in [5, 5.41) is -0.974. The third-order valence-electron chi connectivity index (χ3n) is 3.36. The van der Waals surface area contributed by atoms with Crippen molar-refractivity contribution in [3.8, 4) is 0 Å². The van der Waals surface area contributed by atoms with E-state index in [0.29, 0.717) is 19.3 Å². The van der Waals surface area contributed by atoms with Gasteiger partial charge in [-0.15, -0.1) is 0 Å². The number of rotatable bonds is 12. The third kappa shape index (κ3) is 9.62. The molecule has 0 aliphatic rings. The Kier molecular flexibility index (Phi) is 12.9. The van der Waals surface area contributed by atoms with Crippen LogP contribution in [0.1, 0.15) is 72.1 Å². The largest absolute Gasteiger partial charge is 0.424 e. The van der Waals surface area contributed by atoms with Crippen LogP contribution >= 0.6 is 25.3 Å². The molecule has 0 spiro atoms. The highest BCUT2D eigenvalue weighted by molar-refractivity contribution is 7.82. The molecule has 0 saturated carbocycles. The molecule has 0 aliphatic carbocycles. The van der Waals surface area contributed by atoms with Gasteiger partial charge in [-0.25, -0.2) is 0 Å². The van der Waals surface area contributed by atoms with E-state index in [4.69, 9.17) is 9.47 Å². The molecule has 130 valence electrons. The number of esters is 2. The minimum atomic E-state index is -0.830. The molecule has 0 radical (unpaired) electrons.